The Bertz CT molecular complexity index is 977. The van der Waals surface area contributed by atoms with E-state index in [2.05, 4.69) is 27.0 Å². The topological polar surface area (TPSA) is 72.2 Å². The lowest BCUT2D eigenvalue weighted by Gasteiger charge is -2.11. The number of imidazole rings is 1. The van der Waals surface area contributed by atoms with E-state index in [1.54, 1.807) is 22.5 Å². The quantitative estimate of drug-likeness (QED) is 0.565. The van der Waals surface area contributed by atoms with Crippen molar-refractivity contribution in [3.05, 3.63) is 42.4 Å². The van der Waals surface area contributed by atoms with E-state index < -0.39 is 0 Å². The van der Waals surface area contributed by atoms with Crippen LogP contribution in [-0.4, -0.2) is 39.5 Å². The zero-order valence-electron chi connectivity index (χ0n) is 13.8. The Kier molecular flexibility index (Phi) is 4.01. The molecule has 0 aliphatic heterocycles. The number of pyridine rings is 1. The van der Waals surface area contributed by atoms with Crippen LogP contribution < -0.4 is 5.32 Å². The van der Waals surface area contributed by atoms with Gasteiger partial charge in [-0.25, -0.2) is 9.97 Å². The van der Waals surface area contributed by atoms with E-state index in [1.165, 1.54) is 0 Å². The fourth-order valence-corrected chi connectivity index (χ4v) is 3.30. The number of aromatic nitrogens is 3. The van der Waals surface area contributed by atoms with Crippen molar-refractivity contribution in [3.8, 4) is 5.69 Å². The van der Waals surface area contributed by atoms with Gasteiger partial charge >= 0.3 is 0 Å². The molecule has 6 nitrogen and oxygen atoms in total. The normalized spacial score (nSPS) is 13.8. The van der Waals surface area contributed by atoms with Crippen LogP contribution in [0.2, 0.25) is 0 Å². The average Bonchev–Trinajstić information content (AvgIpc) is 3.37. The van der Waals surface area contributed by atoms with Crippen molar-refractivity contribution in [2.75, 3.05) is 6.26 Å². The molecule has 3 aromatic rings. The Morgan fingerprint density at radius 2 is 2.24 bits per heavy atom. The third-order valence-corrected chi connectivity index (χ3v) is 4.89. The Labute approximate surface area is 149 Å². The lowest BCUT2D eigenvalue weighted by molar-refractivity contribution is 0.0939. The first-order chi connectivity index (χ1) is 12.2. The molecule has 1 saturated carbocycles. The van der Waals surface area contributed by atoms with Crippen molar-refractivity contribution in [1.29, 1.82) is 0 Å². The molecule has 7 heteroatoms. The molecule has 2 heterocycles. The second-order valence-corrected chi connectivity index (χ2v) is 6.73. The number of nitrogens with zero attached hydrogens (tertiary/aromatic N) is 4. The monoisotopic (exact) mass is 351 g/mol. The lowest BCUT2D eigenvalue weighted by Crippen LogP contribution is -2.28. The van der Waals surface area contributed by atoms with Crippen molar-refractivity contribution in [2.24, 2.45) is 4.99 Å². The van der Waals surface area contributed by atoms with Crippen molar-refractivity contribution in [1.82, 2.24) is 19.9 Å². The van der Waals surface area contributed by atoms with Gasteiger partial charge in [-0.15, -0.1) is 11.8 Å². The Hall–Kier alpha value is -2.67. The summed E-state index contributed by atoms with van der Waals surface area (Å²) < 4.78 is 1.81. The number of rotatable bonds is 5. The summed E-state index contributed by atoms with van der Waals surface area (Å²) in [4.78, 5) is 26.7. The number of hydrogen-bond acceptors (Lipinski definition) is 5. The highest BCUT2D eigenvalue weighted by Crippen LogP contribution is 2.31. The third-order valence-electron chi connectivity index (χ3n) is 4.12. The second kappa shape index (κ2) is 6.33. The molecule has 4 rings (SSSR count). The van der Waals surface area contributed by atoms with Crippen molar-refractivity contribution in [2.45, 2.75) is 23.8 Å². The molecule has 126 valence electrons. The van der Waals surface area contributed by atoms with Crippen LogP contribution in [0.3, 0.4) is 0 Å². The molecule has 0 unspecified atom stereocenters. The second-order valence-electron chi connectivity index (χ2n) is 5.88. The lowest BCUT2D eigenvalue weighted by atomic mass is 10.2. The molecule has 25 heavy (non-hydrogen) atoms. The summed E-state index contributed by atoms with van der Waals surface area (Å²) in [6.45, 7) is 3.61. The molecule has 0 saturated heterocycles. The molecular weight excluding hydrogens is 334 g/mol. The van der Waals surface area contributed by atoms with Crippen LogP contribution in [0.15, 0.2) is 46.4 Å². The molecule has 0 spiro atoms. The Balaban J connectivity index is 1.89. The summed E-state index contributed by atoms with van der Waals surface area (Å²) in [7, 11) is 0. The van der Waals surface area contributed by atoms with Gasteiger partial charge in [0.2, 0.25) is 5.82 Å². The summed E-state index contributed by atoms with van der Waals surface area (Å²) in [6.07, 6.45) is 5.75. The highest BCUT2D eigenvalue weighted by atomic mass is 32.2. The molecule has 1 amide bonds. The number of benzene rings is 1. The van der Waals surface area contributed by atoms with Gasteiger partial charge in [0.1, 0.15) is 5.52 Å². The van der Waals surface area contributed by atoms with E-state index in [4.69, 9.17) is 0 Å². The van der Waals surface area contributed by atoms with Crippen molar-refractivity contribution >= 4 is 41.2 Å². The predicted molar refractivity (Wildman–Crippen MR) is 100 cm³/mol. The van der Waals surface area contributed by atoms with Crippen LogP contribution in [0.5, 0.6) is 0 Å². The van der Waals surface area contributed by atoms with Crippen LogP contribution in [-0.2, 0) is 0 Å². The van der Waals surface area contributed by atoms with Crippen LogP contribution in [0.1, 0.15) is 23.5 Å². The molecule has 1 fully saturated rings. The van der Waals surface area contributed by atoms with E-state index in [0.29, 0.717) is 17.0 Å². The van der Waals surface area contributed by atoms with Gasteiger partial charge in [0.25, 0.3) is 5.91 Å². The Morgan fingerprint density at radius 1 is 1.40 bits per heavy atom. The van der Waals surface area contributed by atoms with Crippen LogP contribution in [0.4, 0.5) is 5.69 Å². The third kappa shape index (κ3) is 2.91. The zero-order valence-corrected chi connectivity index (χ0v) is 14.6. The highest BCUT2D eigenvalue weighted by molar-refractivity contribution is 7.98. The maximum absolute atomic E-state index is 12.7. The maximum atomic E-state index is 12.7. The van der Waals surface area contributed by atoms with Gasteiger partial charge < -0.3 is 5.32 Å². The van der Waals surface area contributed by atoms with E-state index in [1.807, 2.05) is 36.6 Å². The fraction of sp³-hybridized carbons (Fsp3) is 0.222. The number of carbonyl (C=O) groups excluding carboxylic acids is 1. The Morgan fingerprint density at radius 3 is 2.96 bits per heavy atom. The van der Waals surface area contributed by atoms with Gasteiger partial charge in [-0.2, -0.15) is 0 Å². The molecule has 2 aromatic heterocycles. The van der Waals surface area contributed by atoms with Crippen LogP contribution in [0.25, 0.3) is 16.9 Å². The molecule has 0 radical (unpaired) electrons. The first-order valence-electron chi connectivity index (χ1n) is 8.00. The van der Waals surface area contributed by atoms with Crippen LogP contribution >= 0.6 is 11.8 Å². The number of thioether (sulfide) groups is 1. The molecule has 1 aromatic carbocycles. The van der Waals surface area contributed by atoms with Gasteiger partial charge in [-0.3, -0.25) is 14.4 Å². The number of amides is 1. The zero-order chi connectivity index (χ0) is 17.4. The molecular formula is C18H17N5OS. The highest BCUT2D eigenvalue weighted by Gasteiger charge is 2.27. The van der Waals surface area contributed by atoms with Gasteiger partial charge in [0, 0.05) is 17.1 Å². The number of fused-ring (bicyclic) bond motifs is 1. The minimum atomic E-state index is -0.169. The number of nitrogens with one attached hydrogen (secondary N) is 1. The number of hydrogen-bond donors (Lipinski definition) is 1. The summed E-state index contributed by atoms with van der Waals surface area (Å²) >= 11 is 1.58. The minimum absolute atomic E-state index is 0.169. The predicted octanol–water partition coefficient (Wildman–Crippen LogP) is 3.37. The first-order valence-corrected chi connectivity index (χ1v) is 9.23. The fourth-order valence-electron chi connectivity index (χ4n) is 2.72. The largest absolute Gasteiger partial charge is 0.347 e. The van der Waals surface area contributed by atoms with Gasteiger partial charge in [0.05, 0.1) is 11.4 Å². The number of aliphatic imine (C=N–C) groups is 1. The molecule has 1 aliphatic carbocycles. The molecule has 0 atom stereocenters. The van der Waals surface area contributed by atoms with Gasteiger partial charge in [0.15, 0.2) is 5.65 Å². The molecule has 1 aliphatic rings. The summed E-state index contributed by atoms with van der Waals surface area (Å²) in [5.41, 5.74) is 3.01. The van der Waals surface area contributed by atoms with Gasteiger partial charge in [-0.05, 0) is 56.1 Å². The van der Waals surface area contributed by atoms with Crippen molar-refractivity contribution < 1.29 is 4.79 Å². The van der Waals surface area contributed by atoms with E-state index >= 15 is 0 Å². The van der Waals surface area contributed by atoms with Crippen molar-refractivity contribution in [3.63, 3.8) is 0 Å². The summed E-state index contributed by atoms with van der Waals surface area (Å²) in [5.74, 6) is 0.184. The average molecular weight is 351 g/mol. The van der Waals surface area contributed by atoms with E-state index in [-0.39, 0.29) is 11.9 Å². The van der Waals surface area contributed by atoms with E-state index in [9.17, 15) is 4.79 Å². The van der Waals surface area contributed by atoms with Crippen LogP contribution in [0, 0.1) is 0 Å². The first kappa shape index (κ1) is 15.8. The molecule has 1 N–H and O–H groups in total. The van der Waals surface area contributed by atoms with Gasteiger partial charge in [-0.1, -0.05) is 0 Å². The van der Waals surface area contributed by atoms with E-state index in [0.717, 1.165) is 29.1 Å². The SMILES string of the molecule is C=Nc1ccc(-n2c(C(=O)NC3CC3)nc3cccnc32)cc1SC. The summed E-state index contributed by atoms with van der Waals surface area (Å²) in [5, 5.41) is 3.01. The summed E-state index contributed by atoms with van der Waals surface area (Å²) in [6, 6.07) is 9.74. The number of carbonyl (C=O) groups is 1. The minimum Gasteiger partial charge on any atom is -0.347 e. The maximum Gasteiger partial charge on any atom is 0.287 e. The standard InChI is InChI=1S/C18H17N5OS/c1-19-13-8-7-12(10-15(13)25-2)23-16-14(4-3-9-20-16)22-17(23)18(24)21-11-5-6-11/h3-4,7-11H,1,5-6H2,2H3,(H,21,24). The molecule has 0 bridgehead atoms. The smallest absolute Gasteiger partial charge is 0.287 e.